The number of aromatic hydroxyl groups is 1. The summed E-state index contributed by atoms with van der Waals surface area (Å²) in [5.74, 6) is -1.05. The van der Waals surface area contributed by atoms with E-state index in [2.05, 4.69) is 4.98 Å². The second-order valence-corrected chi connectivity index (χ2v) is 9.48. The van der Waals surface area contributed by atoms with E-state index in [1.807, 2.05) is 0 Å². The van der Waals surface area contributed by atoms with E-state index in [4.69, 9.17) is 14.2 Å². The van der Waals surface area contributed by atoms with Gasteiger partial charge in [0.25, 0.3) is 0 Å². The second kappa shape index (κ2) is 11.3. The number of aromatic nitrogens is 1. The number of aliphatic hydroxyl groups excluding tert-OH is 4. The number of hydrogen-bond donors (Lipinski definition) is 7. The van der Waals surface area contributed by atoms with E-state index in [1.165, 1.54) is 19.4 Å². The Kier molecular flexibility index (Phi) is 8.25. The number of ether oxygens (including phenoxy) is 3. The van der Waals surface area contributed by atoms with Gasteiger partial charge < -0.3 is 49.8 Å². The van der Waals surface area contributed by atoms with Crippen molar-refractivity contribution in [2.24, 2.45) is 0 Å². The second-order valence-electron chi connectivity index (χ2n) is 9.48. The number of phenolic OH excluding ortho intramolecular Hbond substituents is 1. The molecule has 7 N–H and O–H groups in total. The predicted molar refractivity (Wildman–Crippen MR) is 136 cm³/mol. The van der Waals surface area contributed by atoms with Crippen LogP contribution in [0.1, 0.15) is 39.1 Å². The number of H-pyrrole nitrogens is 1. The first-order valence-electron chi connectivity index (χ1n) is 12.2. The number of aromatic amines is 1. The number of nitrogens with one attached hydrogen (secondary N) is 1. The molecule has 0 aliphatic carbocycles. The van der Waals surface area contributed by atoms with E-state index in [9.17, 15) is 40.2 Å². The van der Waals surface area contributed by atoms with Crippen LogP contribution in [0, 0.1) is 6.92 Å². The van der Waals surface area contributed by atoms with Crippen molar-refractivity contribution in [3.8, 4) is 17.2 Å². The number of aliphatic hydroxyl groups is 5. The van der Waals surface area contributed by atoms with Gasteiger partial charge in [0.15, 0.2) is 17.2 Å². The van der Waals surface area contributed by atoms with Crippen LogP contribution in [0.2, 0.25) is 0 Å². The minimum absolute atomic E-state index is 0.0340. The summed E-state index contributed by atoms with van der Waals surface area (Å²) in [7, 11) is 1.39. The molecule has 210 valence electrons. The van der Waals surface area contributed by atoms with Gasteiger partial charge in [0, 0.05) is 36.9 Å². The summed E-state index contributed by atoms with van der Waals surface area (Å²) in [5, 5.41) is 62.7. The minimum atomic E-state index is -2.52. The largest absolute Gasteiger partial charge is 0.506 e. The van der Waals surface area contributed by atoms with Gasteiger partial charge in [-0.2, -0.15) is 0 Å². The topological polar surface area (TPSA) is 199 Å². The summed E-state index contributed by atoms with van der Waals surface area (Å²) in [4.78, 5) is 28.3. The number of carbonyl (C=O) groups excluding carboxylic acids is 2. The number of rotatable bonds is 10. The number of methoxy groups -OCH3 is 1. The normalized spacial score (nSPS) is 25.0. The van der Waals surface area contributed by atoms with Crippen molar-refractivity contribution in [1.82, 2.24) is 4.98 Å². The number of carbonyl (C=O) groups is 2. The van der Waals surface area contributed by atoms with Crippen molar-refractivity contribution in [1.29, 1.82) is 0 Å². The van der Waals surface area contributed by atoms with Crippen LogP contribution >= 0.6 is 0 Å². The zero-order chi connectivity index (χ0) is 28.5. The van der Waals surface area contributed by atoms with E-state index in [0.29, 0.717) is 16.5 Å². The lowest BCUT2D eigenvalue weighted by atomic mass is 9.87. The van der Waals surface area contributed by atoms with Gasteiger partial charge in [-0.1, -0.05) is 6.07 Å². The van der Waals surface area contributed by atoms with Crippen LogP contribution in [-0.4, -0.2) is 97.7 Å². The lowest BCUT2D eigenvalue weighted by Gasteiger charge is -2.46. The van der Waals surface area contributed by atoms with Crippen molar-refractivity contribution in [2.75, 3.05) is 20.3 Å². The molecule has 0 radical (unpaired) electrons. The molecular formula is C27H31NO11. The zero-order valence-electron chi connectivity index (χ0n) is 21.3. The Morgan fingerprint density at radius 3 is 2.46 bits per heavy atom. The smallest absolute Gasteiger partial charge is 0.234 e. The molecule has 1 aliphatic rings. The maximum absolute atomic E-state index is 13.2. The molecule has 12 nitrogen and oxygen atoms in total. The molecule has 12 heteroatoms. The molecule has 5 atom stereocenters. The lowest BCUT2D eigenvalue weighted by molar-refractivity contribution is -0.327. The summed E-state index contributed by atoms with van der Waals surface area (Å²) < 4.78 is 16.6. The van der Waals surface area contributed by atoms with E-state index in [0.717, 1.165) is 0 Å². The molecule has 1 fully saturated rings. The standard InChI is InChI=1S/C27H31NO11/c1-13-7-15-8-16(37-2)9-19(38-26-27(36,12-30)25(35)23(33)20(11-29)39-26)22(15)24(34)21(13)18(32)4-3-17(31)14-5-6-28-10-14/h5-10,20,23,25-26,28-30,33-36H,3-4,11-12H2,1-2H3/t20-,23-,25+,26+,27-/m1/s1. The maximum atomic E-state index is 13.2. The Morgan fingerprint density at radius 2 is 1.85 bits per heavy atom. The van der Waals surface area contributed by atoms with Crippen molar-refractivity contribution in [3.05, 3.63) is 53.3 Å². The molecule has 2 heterocycles. The van der Waals surface area contributed by atoms with Crippen molar-refractivity contribution in [3.63, 3.8) is 0 Å². The Hall–Kier alpha value is -3.52. The van der Waals surface area contributed by atoms with Crippen LogP contribution in [0.4, 0.5) is 0 Å². The lowest BCUT2D eigenvalue weighted by Crippen LogP contribution is -2.69. The summed E-state index contributed by atoms with van der Waals surface area (Å²) in [6.45, 7) is -0.193. The van der Waals surface area contributed by atoms with E-state index in [1.54, 1.807) is 31.3 Å². The van der Waals surface area contributed by atoms with Gasteiger partial charge in [-0.15, -0.1) is 0 Å². The number of phenols is 1. The first-order chi connectivity index (χ1) is 18.5. The van der Waals surface area contributed by atoms with E-state index in [-0.39, 0.29) is 41.1 Å². The van der Waals surface area contributed by atoms with Crippen LogP contribution < -0.4 is 9.47 Å². The van der Waals surface area contributed by atoms with Gasteiger partial charge in [0.1, 0.15) is 35.6 Å². The van der Waals surface area contributed by atoms with Gasteiger partial charge in [0.05, 0.1) is 31.3 Å². The third-order valence-corrected chi connectivity index (χ3v) is 6.95. The molecular weight excluding hydrogens is 514 g/mol. The first kappa shape index (κ1) is 28.5. The summed E-state index contributed by atoms with van der Waals surface area (Å²) in [5.41, 5.74) is -1.69. The van der Waals surface area contributed by atoms with Gasteiger partial charge >= 0.3 is 0 Å². The fraction of sp³-hybridized carbons (Fsp3) is 0.407. The molecule has 3 aromatic rings. The quantitative estimate of drug-likeness (QED) is 0.176. The third-order valence-electron chi connectivity index (χ3n) is 6.95. The summed E-state index contributed by atoms with van der Waals surface area (Å²) in [6, 6.07) is 6.13. The van der Waals surface area contributed by atoms with Gasteiger partial charge in [-0.25, -0.2) is 0 Å². The van der Waals surface area contributed by atoms with Crippen LogP contribution in [0.5, 0.6) is 17.2 Å². The predicted octanol–water partition coefficient (Wildman–Crippen LogP) is 0.578. The molecule has 1 aliphatic heterocycles. The molecule has 39 heavy (non-hydrogen) atoms. The first-order valence-corrected chi connectivity index (χ1v) is 12.2. The van der Waals surface area contributed by atoms with Crippen molar-refractivity contribution in [2.45, 2.75) is 50.0 Å². The van der Waals surface area contributed by atoms with E-state index >= 15 is 0 Å². The van der Waals surface area contributed by atoms with Gasteiger partial charge in [-0.05, 0) is 30.0 Å². The van der Waals surface area contributed by atoms with Gasteiger partial charge in [-0.3, -0.25) is 9.59 Å². The Morgan fingerprint density at radius 1 is 1.13 bits per heavy atom. The molecule has 0 amide bonds. The average Bonchev–Trinajstić information content (AvgIpc) is 3.46. The number of Topliss-reactive ketones (excluding diaryl/α,β-unsaturated/α-hetero) is 2. The number of ketones is 2. The summed E-state index contributed by atoms with van der Waals surface area (Å²) >= 11 is 0. The van der Waals surface area contributed by atoms with E-state index < -0.39 is 54.9 Å². The number of hydrogen-bond acceptors (Lipinski definition) is 11. The molecule has 1 saturated heterocycles. The monoisotopic (exact) mass is 545 g/mol. The molecule has 0 unspecified atom stereocenters. The molecule has 2 aromatic carbocycles. The van der Waals surface area contributed by atoms with Crippen molar-refractivity contribution >= 4 is 22.3 Å². The van der Waals surface area contributed by atoms with Crippen molar-refractivity contribution < 1.29 is 54.4 Å². The fourth-order valence-electron chi connectivity index (χ4n) is 4.71. The maximum Gasteiger partial charge on any atom is 0.234 e. The zero-order valence-corrected chi connectivity index (χ0v) is 21.3. The molecule has 0 bridgehead atoms. The number of fused-ring (bicyclic) bond motifs is 1. The highest BCUT2D eigenvalue weighted by Crippen LogP contribution is 2.43. The highest BCUT2D eigenvalue weighted by atomic mass is 16.7. The SMILES string of the molecule is COc1cc(O[C@H]2O[C@H](CO)[C@@H](O)[C@H](O)[C@]2(O)CO)c2c(O)c(C(=O)CCC(=O)c3cc[nH]c3)c(C)cc2c1. The minimum Gasteiger partial charge on any atom is -0.506 e. The number of aryl methyl sites for hydroxylation is 1. The van der Waals surface area contributed by atoms with Gasteiger partial charge in [0.2, 0.25) is 6.29 Å². The van der Waals surface area contributed by atoms with Crippen LogP contribution in [0.3, 0.4) is 0 Å². The molecule has 0 spiro atoms. The van der Waals surface area contributed by atoms with Crippen LogP contribution in [0.25, 0.3) is 10.8 Å². The fourth-order valence-corrected chi connectivity index (χ4v) is 4.71. The molecule has 0 saturated carbocycles. The Balaban J connectivity index is 1.74. The molecule has 1 aromatic heterocycles. The Bertz CT molecular complexity index is 1360. The highest BCUT2D eigenvalue weighted by molar-refractivity contribution is 6.09. The van der Waals surface area contributed by atoms with Crippen LogP contribution in [-0.2, 0) is 4.74 Å². The van der Waals surface area contributed by atoms with Crippen LogP contribution in [0.15, 0.2) is 36.7 Å². The average molecular weight is 546 g/mol. The molecule has 4 rings (SSSR count). The Labute approximate surface area is 223 Å². The third kappa shape index (κ3) is 5.22. The number of benzene rings is 2. The summed E-state index contributed by atoms with van der Waals surface area (Å²) in [6.07, 6.45) is -3.99. The highest BCUT2D eigenvalue weighted by Gasteiger charge is 2.56.